The van der Waals surface area contributed by atoms with E-state index in [-0.39, 0.29) is 5.41 Å². The quantitative estimate of drug-likeness (QED) is 0.179. The number of para-hydroxylation sites is 2. The topological polar surface area (TPSA) is 17.8 Å². The largest absolute Gasteiger partial charge is 0.309 e. The fourth-order valence-electron chi connectivity index (χ4n) is 8.35. The zero-order valence-electron chi connectivity index (χ0n) is 29.2. The summed E-state index contributed by atoms with van der Waals surface area (Å²) in [4.78, 5) is 4.26. The van der Waals surface area contributed by atoms with E-state index in [9.17, 15) is 0 Å². The molecule has 0 atom stereocenters. The third kappa shape index (κ3) is 4.83. The number of fused-ring (bicyclic) bond motifs is 6. The summed E-state index contributed by atoms with van der Waals surface area (Å²) in [5.74, 6) is 0. The maximum absolute atomic E-state index is 4.26. The lowest BCUT2D eigenvalue weighted by Gasteiger charge is -2.22. The van der Waals surface area contributed by atoms with Gasteiger partial charge in [0.1, 0.15) is 0 Å². The second-order valence-corrected chi connectivity index (χ2v) is 14.5. The zero-order valence-corrected chi connectivity index (χ0v) is 29.2. The fraction of sp³-hybridized carbons (Fsp3) is 0.0600. The molecule has 2 nitrogen and oxygen atoms in total. The summed E-state index contributed by atoms with van der Waals surface area (Å²) >= 11 is 0. The van der Waals surface area contributed by atoms with Crippen molar-refractivity contribution < 1.29 is 0 Å². The van der Waals surface area contributed by atoms with Gasteiger partial charge in [0.25, 0.3) is 0 Å². The molecule has 2 heterocycles. The fourth-order valence-corrected chi connectivity index (χ4v) is 8.35. The minimum Gasteiger partial charge on any atom is -0.309 e. The minimum absolute atomic E-state index is 0.125. The van der Waals surface area contributed by atoms with Crippen LogP contribution in [-0.2, 0) is 5.41 Å². The van der Waals surface area contributed by atoms with Crippen LogP contribution in [0.4, 0.5) is 0 Å². The predicted molar refractivity (Wildman–Crippen MR) is 218 cm³/mol. The normalized spacial score (nSPS) is 13.0. The molecule has 0 N–H and O–H groups in total. The van der Waals surface area contributed by atoms with E-state index in [1.54, 1.807) is 0 Å². The third-order valence-electron chi connectivity index (χ3n) is 11.1. The number of hydrogen-bond donors (Lipinski definition) is 0. The van der Waals surface area contributed by atoms with Crippen LogP contribution >= 0.6 is 0 Å². The Balaban J connectivity index is 0.965. The Morgan fingerprint density at radius 3 is 1.54 bits per heavy atom. The molecule has 0 saturated heterocycles. The van der Waals surface area contributed by atoms with Crippen LogP contribution in [0.25, 0.3) is 83.1 Å². The molecule has 0 spiro atoms. The Labute approximate surface area is 304 Å². The summed E-state index contributed by atoms with van der Waals surface area (Å²) in [5.41, 5.74) is 18.7. The van der Waals surface area contributed by atoms with Crippen molar-refractivity contribution in [2.24, 2.45) is 0 Å². The molecular weight excluding hydrogens is 629 g/mol. The summed E-state index contributed by atoms with van der Waals surface area (Å²) in [7, 11) is 0. The molecule has 0 unspecified atom stereocenters. The number of rotatable bonds is 5. The Bertz CT molecular complexity index is 2770. The van der Waals surface area contributed by atoms with Crippen LogP contribution in [0.3, 0.4) is 0 Å². The molecule has 7 aromatic carbocycles. The van der Waals surface area contributed by atoms with Gasteiger partial charge in [0.2, 0.25) is 0 Å². The van der Waals surface area contributed by atoms with Crippen molar-refractivity contribution >= 4 is 21.8 Å². The van der Waals surface area contributed by atoms with Crippen molar-refractivity contribution in [1.82, 2.24) is 9.55 Å². The van der Waals surface area contributed by atoms with Crippen molar-refractivity contribution in [2.45, 2.75) is 19.3 Å². The highest BCUT2D eigenvalue weighted by Gasteiger charge is 2.36. The summed E-state index contributed by atoms with van der Waals surface area (Å²) in [6, 6.07) is 62.3. The lowest BCUT2D eigenvalue weighted by atomic mass is 9.80. The highest BCUT2D eigenvalue weighted by Crippen LogP contribution is 2.51. The molecule has 2 heteroatoms. The predicted octanol–water partition coefficient (Wildman–Crippen LogP) is 13.2. The van der Waals surface area contributed by atoms with E-state index in [1.165, 1.54) is 88.7 Å². The summed E-state index contributed by atoms with van der Waals surface area (Å²) in [6.07, 6.45) is 3.72. The Morgan fingerprint density at radius 1 is 0.404 bits per heavy atom. The van der Waals surface area contributed by atoms with Gasteiger partial charge in [0, 0.05) is 34.3 Å². The van der Waals surface area contributed by atoms with E-state index in [0.29, 0.717) is 0 Å². The van der Waals surface area contributed by atoms with Gasteiger partial charge in [-0.3, -0.25) is 4.98 Å². The van der Waals surface area contributed by atoms with E-state index in [1.807, 2.05) is 18.5 Å². The van der Waals surface area contributed by atoms with E-state index in [2.05, 4.69) is 187 Å². The molecule has 0 bridgehead atoms. The number of pyridine rings is 1. The SMILES string of the molecule is CC1(C)c2cc(-c3ccc(-c4ccc(-c5cccnc5)cc4)cc3)ccc2-c2ccc(-c3ccc4c(c3)c3ccccc3n4-c3ccccc3)cc21. The van der Waals surface area contributed by atoms with E-state index < -0.39 is 0 Å². The first-order valence-corrected chi connectivity index (χ1v) is 18.0. The molecule has 1 aliphatic carbocycles. The number of hydrogen-bond acceptors (Lipinski definition) is 1. The molecule has 0 fully saturated rings. The Morgan fingerprint density at radius 2 is 0.904 bits per heavy atom. The zero-order chi connectivity index (χ0) is 34.8. The van der Waals surface area contributed by atoms with Crippen LogP contribution < -0.4 is 0 Å². The second kappa shape index (κ2) is 11.8. The first-order chi connectivity index (χ1) is 25.5. The first-order valence-electron chi connectivity index (χ1n) is 18.0. The summed E-state index contributed by atoms with van der Waals surface area (Å²) in [5, 5.41) is 2.55. The molecule has 1 aliphatic rings. The van der Waals surface area contributed by atoms with Gasteiger partial charge in [-0.15, -0.1) is 0 Å². The van der Waals surface area contributed by atoms with Gasteiger partial charge < -0.3 is 4.57 Å². The van der Waals surface area contributed by atoms with Gasteiger partial charge in [-0.05, 0) is 115 Å². The van der Waals surface area contributed by atoms with Crippen LogP contribution in [0.15, 0.2) is 182 Å². The molecular formula is C50H36N2. The van der Waals surface area contributed by atoms with Crippen LogP contribution in [-0.4, -0.2) is 9.55 Å². The van der Waals surface area contributed by atoms with Crippen molar-refractivity contribution in [1.29, 1.82) is 0 Å². The van der Waals surface area contributed by atoms with Crippen molar-refractivity contribution in [3.8, 4) is 61.3 Å². The van der Waals surface area contributed by atoms with Gasteiger partial charge in [-0.25, -0.2) is 0 Å². The van der Waals surface area contributed by atoms with Gasteiger partial charge in [0.15, 0.2) is 0 Å². The lowest BCUT2D eigenvalue weighted by molar-refractivity contribution is 0.661. The van der Waals surface area contributed by atoms with E-state index in [0.717, 1.165) is 5.56 Å². The molecule has 0 saturated carbocycles. The first kappa shape index (κ1) is 30.3. The van der Waals surface area contributed by atoms with E-state index >= 15 is 0 Å². The molecule has 0 aliphatic heterocycles. The average Bonchev–Trinajstić information content (AvgIpc) is 3.66. The lowest BCUT2D eigenvalue weighted by Crippen LogP contribution is -2.15. The van der Waals surface area contributed by atoms with Gasteiger partial charge in [0.05, 0.1) is 11.0 Å². The third-order valence-corrected chi connectivity index (χ3v) is 11.1. The number of nitrogens with zero attached hydrogens (tertiary/aromatic N) is 2. The van der Waals surface area contributed by atoms with Gasteiger partial charge in [-0.1, -0.05) is 135 Å². The molecule has 0 radical (unpaired) electrons. The maximum atomic E-state index is 4.26. The van der Waals surface area contributed by atoms with Crippen molar-refractivity contribution in [3.05, 3.63) is 193 Å². The van der Waals surface area contributed by atoms with Crippen LogP contribution in [0.5, 0.6) is 0 Å². The molecule has 9 aromatic rings. The molecule has 246 valence electrons. The smallest absolute Gasteiger partial charge is 0.0541 e. The van der Waals surface area contributed by atoms with Crippen molar-refractivity contribution in [2.75, 3.05) is 0 Å². The highest BCUT2D eigenvalue weighted by atomic mass is 15.0. The number of benzene rings is 7. The van der Waals surface area contributed by atoms with Crippen LogP contribution in [0.1, 0.15) is 25.0 Å². The summed E-state index contributed by atoms with van der Waals surface area (Å²) in [6.45, 7) is 4.75. The maximum Gasteiger partial charge on any atom is 0.0541 e. The second-order valence-electron chi connectivity index (χ2n) is 14.5. The molecule has 2 aromatic heterocycles. The monoisotopic (exact) mass is 664 g/mol. The minimum atomic E-state index is -0.125. The van der Waals surface area contributed by atoms with Crippen LogP contribution in [0.2, 0.25) is 0 Å². The van der Waals surface area contributed by atoms with Crippen molar-refractivity contribution in [3.63, 3.8) is 0 Å². The van der Waals surface area contributed by atoms with Gasteiger partial charge >= 0.3 is 0 Å². The molecule has 52 heavy (non-hydrogen) atoms. The Hall–Kier alpha value is -6.51. The van der Waals surface area contributed by atoms with Gasteiger partial charge in [-0.2, -0.15) is 0 Å². The number of aromatic nitrogens is 2. The highest BCUT2D eigenvalue weighted by molar-refractivity contribution is 6.10. The molecule has 10 rings (SSSR count). The molecule has 0 amide bonds. The summed E-state index contributed by atoms with van der Waals surface area (Å²) < 4.78 is 2.38. The van der Waals surface area contributed by atoms with Crippen LogP contribution in [0, 0.1) is 0 Å². The van der Waals surface area contributed by atoms with E-state index in [4.69, 9.17) is 0 Å². The standard InChI is InChI=1S/C50H36N2/c1-50(2)46-30-38(35-18-14-33(15-19-35)34-16-20-36(21-17-34)40-9-8-28-51-32-40)22-25-42(46)43-26-23-39(31-47(43)50)37-24-27-49-45(29-37)44-12-6-7-13-48(44)52(49)41-10-4-3-5-11-41/h3-32H,1-2H3. The average molecular weight is 665 g/mol. The Kier molecular flexibility index (Phi) is 6.87.